The summed E-state index contributed by atoms with van der Waals surface area (Å²) in [5, 5.41) is 23.4. The third-order valence-electron chi connectivity index (χ3n) is 3.91. The second-order valence-electron chi connectivity index (χ2n) is 5.97. The van der Waals surface area contributed by atoms with Crippen molar-refractivity contribution in [2.45, 2.75) is 0 Å². The standard InChI is InChI=1S/C20H16N4O2S/c1-23(2)18-9-8-14(11-19(18)24(25)26)10-16(12-21)20-22-17(13-27-20)15-6-4-3-5-7-15/h3-11,13H,1-2H3/b16-10+. The first kappa shape index (κ1) is 18.3. The maximum atomic E-state index is 11.3. The number of benzene rings is 2. The second-order valence-corrected chi connectivity index (χ2v) is 6.83. The third-order valence-corrected chi connectivity index (χ3v) is 4.79. The summed E-state index contributed by atoms with van der Waals surface area (Å²) in [7, 11) is 3.50. The number of hydrogen-bond acceptors (Lipinski definition) is 6. The summed E-state index contributed by atoms with van der Waals surface area (Å²) in [6.07, 6.45) is 1.63. The molecule has 0 radical (unpaired) electrons. The highest BCUT2D eigenvalue weighted by molar-refractivity contribution is 7.11. The van der Waals surface area contributed by atoms with Crippen LogP contribution >= 0.6 is 11.3 Å². The number of rotatable bonds is 5. The van der Waals surface area contributed by atoms with Gasteiger partial charge in [0.05, 0.1) is 16.2 Å². The van der Waals surface area contributed by atoms with Gasteiger partial charge in [-0.1, -0.05) is 36.4 Å². The maximum absolute atomic E-state index is 11.3. The van der Waals surface area contributed by atoms with Gasteiger partial charge in [0.1, 0.15) is 16.8 Å². The van der Waals surface area contributed by atoms with E-state index < -0.39 is 4.92 Å². The Balaban J connectivity index is 1.98. The number of nitrogens with zero attached hydrogens (tertiary/aromatic N) is 4. The topological polar surface area (TPSA) is 83.1 Å². The Morgan fingerprint density at radius 3 is 2.63 bits per heavy atom. The SMILES string of the molecule is CN(C)c1ccc(/C=C(\C#N)c2nc(-c3ccccc3)cs2)cc1[N+](=O)[O-]. The molecule has 6 nitrogen and oxygen atoms in total. The smallest absolute Gasteiger partial charge is 0.293 e. The zero-order valence-electron chi connectivity index (χ0n) is 14.8. The molecule has 0 bridgehead atoms. The van der Waals surface area contributed by atoms with Crippen LogP contribution in [0, 0.1) is 21.4 Å². The monoisotopic (exact) mass is 376 g/mol. The molecule has 2 aromatic carbocycles. The fraction of sp³-hybridized carbons (Fsp3) is 0.100. The molecule has 0 unspecified atom stereocenters. The van der Waals surface area contributed by atoms with Gasteiger partial charge in [-0.15, -0.1) is 11.3 Å². The lowest BCUT2D eigenvalue weighted by atomic mass is 10.1. The summed E-state index contributed by atoms with van der Waals surface area (Å²) >= 11 is 1.37. The van der Waals surface area contributed by atoms with E-state index >= 15 is 0 Å². The van der Waals surface area contributed by atoms with E-state index in [2.05, 4.69) is 11.1 Å². The normalized spacial score (nSPS) is 11.1. The number of thiazole rings is 1. The second kappa shape index (κ2) is 7.81. The molecule has 1 heterocycles. The molecule has 7 heteroatoms. The van der Waals surface area contributed by atoms with Crippen LogP contribution in [0.4, 0.5) is 11.4 Å². The molecule has 1 aromatic heterocycles. The van der Waals surface area contributed by atoms with E-state index in [1.807, 2.05) is 35.7 Å². The molecule has 0 aliphatic carbocycles. The molecule has 0 N–H and O–H groups in total. The Kier molecular flexibility index (Phi) is 5.29. The molecule has 0 spiro atoms. The van der Waals surface area contributed by atoms with Gasteiger partial charge >= 0.3 is 0 Å². The molecule has 3 rings (SSSR count). The fourth-order valence-corrected chi connectivity index (χ4v) is 3.40. The summed E-state index contributed by atoms with van der Waals surface area (Å²) in [6, 6.07) is 16.8. The first-order chi connectivity index (χ1) is 13.0. The minimum Gasteiger partial charge on any atom is -0.372 e. The Labute approximate surface area is 160 Å². The molecule has 0 amide bonds. The minimum atomic E-state index is -0.421. The van der Waals surface area contributed by atoms with Gasteiger partial charge in [0.2, 0.25) is 0 Å². The predicted octanol–water partition coefficient (Wildman–Crippen LogP) is 4.85. The minimum absolute atomic E-state index is 0.00449. The molecule has 0 saturated heterocycles. The van der Waals surface area contributed by atoms with E-state index in [1.54, 1.807) is 37.2 Å². The van der Waals surface area contributed by atoms with E-state index in [-0.39, 0.29) is 5.69 Å². The highest BCUT2D eigenvalue weighted by Crippen LogP contribution is 2.31. The van der Waals surface area contributed by atoms with E-state index in [0.29, 0.717) is 21.8 Å². The lowest BCUT2D eigenvalue weighted by molar-refractivity contribution is -0.384. The van der Waals surface area contributed by atoms with Crippen molar-refractivity contribution in [1.82, 2.24) is 4.98 Å². The summed E-state index contributed by atoms with van der Waals surface area (Å²) in [5.41, 5.74) is 3.23. The average Bonchev–Trinajstić information content (AvgIpc) is 3.16. The molecule has 0 fully saturated rings. The summed E-state index contributed by atoms with van der Waals surface area (Å²) in [4.78, 5) is 17.1. The third kappa shape index (κ3) is 4.02. The first-order valence-electron chi connectivity index (χ1n) is 8.08. The number of aromatic nitrogens is 1. The van der Waals surface area contributed by atoms with E-state index in [4.69, 9.17) is 0 Å². The van der Waals surface area contributed by atoms with Crippen LogP contribution in [0.15, 0.2) is 53.9 Å². The number of allylic oxidation sites excluding steroid dienone is 1. The lowest BCUT2D eigenvalue weighted by Gasteiger charge is -2.12. The molecule has 0 aliphatic rings. The van der Waals surface area contributed by atoms with Crippen molar-refractivity contribution in [2.75, 3.05) is 19.0 Å². The summed E-state index contributed by atoms with van der Waals surface area (Å²) in [6.45, 7) is 0. The quantitative estimate of drug-likeness (QED) is 0.361. The fourth-order valence-electron chi connectivity index (χ4n) is 2.60. The Morgan fingerprint density at radius 2 is 2.00 bits per heavy atom. The zero-order valence-corrected chi connectivity index (χ0v) is 15.6. The van der Waals surface area contributed by atoms with Gasteiger partial charge in [0.25, 0.3) is 5.69 Å². The summed E-state index contributed by atoms with van der Waals surface area (Å²) in [5.74, 6) is 0. The highest BCUT2D eigenvalue weighted by Gasteiger charge is 2.16. The largest absolute Gasteiger partial charge is 0.372 e. The van der Waals surface area contributed by atoms with Gasteiger partial charge in [0.15, 0.2) is 0 Å². The van der Waals surface area contributed by atoms with Crippen LogP contribution in [-0.4, -0.2) is 24.0 Å². The number of nitriles is 1. The first-order valence-corrected chi connectivity index (χ1v) is 8.96. The van der Waals surface area contributed by atoms with Crippen molar-refractivity contribution in [3.05, 3.63) is 74.6 Å². The summed E-state index contributed by atoms with van der Waals surface area (Å²) < 4.78 is 0. The van der Waals surface area contributed by atoms with Crippen LogP contribution in [0.5, 0.6) is 0 Å². The van der Waals surface area contributed by atoms with Crippen LogP contribution in [0.3, 0.4) is 0 Å². The van der Waals surface area contributed by atoms with Crippen LogP contribution in [0.2, 0.25) is 0 Å². The van der Waals surface area contributed by atoms with Crippen LogP contribution in [0.25, 0.3) is 22.9 Å². The van der Waals surface area contributed by atoms with Gasteiger partial charge in [-0.3, -0.25) is 10.1 Å². The molecule has 3 aromatic rings. The van der Waals surface area contributed by atoms with E-state index in [0.717, 1.165) is 11.3 Å². The van der Waals surface area contributed by atoms with Crippen molar-refractivity contribution in [1.29, 1.82) is 5.26 Å². The molecular weight excluding hydrogens is 360 g/mol. The van der Waals surface area contributed by atoms with Gasteiger partial charge in [0, 0.05) is 31.1 Å². The highest BCUT2D eigenvalue weighted by atomic mass is 32.1. The van der Waals surface area contributed by atoms with E-state index in [9.17, 15) is 15.4 Å². The van der Waals surface area contributed by atoms with Gasteiger partial charge in [-0.05, 0) is 17.7 Å². The molecule has 0 atom stereocenters. The number of hydrogen-bond donors (Lipinski definition) is 0. The van der Waals surface area contributed by atoms with Crippen molar-refractivity contribution >= 4 is 34.4 Å². The average molecular weight is 376 g/mol. The number of nitro groups is 1. The molecule has 134 valence electrons. The molecule has 0 saturated carbocycles. The maximum Gasteiger partial charge on any atom is 0.293 e. The molecular formula is C20H16N4O2S. The number of nitro benzene ring substituents is 1. The van der Waals surface area contributed by atoms with Crippen molar-refractivity contribution in [2.24, 2.45) is 0 Å². The zero-order chi connectivity index (χ0) is 19.4. The molecule has 0 aliphatic heterocycles. The van der Waals surface area contributed by atoms with Crippen molar-refractivity contribution in [3.63, 3.8) is 0 Å². The van der Waals surface area contributed by atoms with Crippen LogP contribution < -0.4 is 4.90 Å². The Bertz CT molecular complexity index is 1050. The van der Waals surface area contributed by atoms with Crippen LogP contribution in [0.1, 0.15) is 10.6 Å². The Hall–Kier alpha value is -3.50. The van der Waals surface area contributed by atoms with Crippen molar-refractivity contribution < 1.29 is 4.92 Å². The van der Waals surface area contributed by atoms with E-state index in [1.165, 1.54) is 17.4 Å². The van der Waals surface area contributed by atoms with Crippen LogP contribution in [-0.2, 0) is 0 Å². The van der Waals surface area contributed by atoms with Gasteiger partial charge in [-0.2, -0.15) is 5.26 Å². The van der Waals surface area contributed by atoms with Crippen molar-refractivity contribution in [3.8, 4) is 17.3 Å². The number of anilines is 1. The predicted molar refractivity (Wildman–Crippen MR) is 108 cm³/mol. The Morgan fingerprint density at radius 1 is 1.26 bits per heavy atom. The van der Waals surface area contributed by atoms with Gasteiger partial charge < -0.3 is 4.90 Å². The van der Waals surface area contributed by atoms with Gasteiger partial charge in [-0.25, -0.2) is 4.98 Å². The molecule has 27 heavy (non-hydrogen) atoms. The lowest BCUT2D eigenvalue weighted by Crippen LogP contribution is -2.10.